The van der Waals surface area contributed by atoms with Crippen molar-refractivity contribution in [1.29, 1.82) is 0 Å². The lowest BCUT2D eigenvalue weighted by atomic mass is 10.4. The molecule has 0 atom stereocenters. The highest BCUT2D eigenvalue weighted by atomic mass is 79.9. The van der Waals surface area contributed by atoms with Crippen LogP contribution in [0.4, 0.5) is 5.82 Å². The van der Waals surface area contributed by atoms with Gasteiger partial charge >= 0.3 is 0 Å². The molecule has 6 heteroatoms. The lowest BCUT2D eigenvalue weighted by Crippen LogP contribution is -2.03. The van der Waals surface area contributed by atoms with Crippen LogP contribution in [0.5, 0.6) is 0 Å². The molecule has 0 fully saturated rings. The van der Waals surface area contributed by atoms with Crippen molar-refractivity contribution in [1.82, 2.24) is 19.5 Å². The molecule has 0 spiro atoms. The minimum Gasteiger partial charge on any atom is -0.383 e. The van der Waals surface area contributed by atoms with E-state index >= 15 is 0 Å². The third-order valence-electron chi connectivity index (χ3n) is 2.28. The molecule has 15 heavy (non-hydrogen) atoms. The quantitative estimate of drug-likeness (QED) is 0.853. The van der Waals surface area contributed by atoms with E-state index in [0.29, 0.717) is 16.1 Å². The van der Waals surface area contributed by atoms with Gasteiger partial charge in [0, 0.05) is 5.69 Å². The van der Waals surface area contributed by atoms with Gasteiger partial charge < -0.3 is 5.73 Å². The smallest absolute Gasteiger partial charge is 0.158 e. The van der Waals surface area contributed by atoms with Crippen molar-refractivity contribution in [3.05, 3.63) is 28.5 Å². The number of halogens is 1. The van der Waals surface area contributed by atoms with Crippen molar-refractivity contribution in [3.63, 3.8) is 0 Å². The van der Waals surface area contributed by atoms with Crippen LogP contribution in [0, 0.1) is 13.8 Å². The normalized spacial score (nSPS) is 10.6. The number of nitrogens with two attached hydrogens (primary N) is 1. The monoisotopic (exact) mass is 267 g/mol. The van der Waals surface area contributed by atoms with E-state index in [4.69, 9.17) is 5.73 Å². The molecule has 0 amide bonds. The highest BCUT2D eigenvalue weighted by Gasteiger charge is 2.11. The van der Waals surface area contributed by atoms with Gasteiger partial charge in [0.15, 0.2) is 5.82 Å². The van der Waals surface area contributed by atoms with E-state index in [2.05, 4.69) is 30.9 Å². The summed E-state index contributed by atoms with van der Waals surface area (Å²) in [6.45, 7) is 3.93. The minimum absolute atomic E-state index is 0.422. The molecular weight excluding hydrogens is 258 g/mol. The molecule has 0 unspecified atom stereocenters. The highest BCUT2D eigenvalue weighted by molar-refractivity contribution is 9.10. The fourth-order valence-corrected chi connectivity index (χ4v) is 1.65. The summed E-state index contributed by atoms with van der Waals surface area (Å²) in [4.78, 5) is 12.3. The van der Waals surface area contributed by atoms with Crippen molar-refractivity contribution in [3.8, 4) is 5.82 Å². The number of nitrogen functional groups attached to an aromatic ring is 1. The van der Waals surface area contributed by atoms with Gasteiger partial charge in [-0.25, -0.2) is 15.0 Å². The average Bonchev–Trinajstić information content (AvgIpc) is 2.53. The van der Waals surface area contributed by atoms with Gasteiger partial charge in [0.25, 0.3) is 0 Å². The Morgan fingerprint density at radius 3 is 2.60 bits per heavy atom. The largest absolute Gasteiger partial charge is 0.383 e. The van der Waals surface area contributed by atoms with Crippen LogP contribution >= 0.6 is 15.9 Å². The molecule has 0 aliphatic carbocycles. The Labute approximate surface area is 95.5 Å². The summed E-state index contributed by atoms with van der Waals surface area (Å²) >= 11 is 3.36. The number of hydrogen-bond donors (Lipinski definition) is 1. The Hall–Kier alpha value is -1.43. The molecule has 2 aromatic heterocycles. The van der Waals surface area contributed by atoms with Crippen LogP contribution in [0.2, 0.25) is 0 Å². The van der Waals surface area contributed by atoms with E-state index < -0.39 is 0 Å². The topological polar surface area (TPSA) is 69.6 Å². The Bertz CT molecular complexity index is 505. The molecule has 0 aromatic carbocycles. The van der Waals surface area contributed by atoms with Crippen LogP contribution in [0.15, 0.2) is 17.1 Å². The molecule has 5 nitrogen and oxygen atoms in total. The third-order valence-corrected chi connectivity index (χ3v) is 3.04. The Kier molecular flexibility index (Phi) is 2.44. The van der Waals surface area contributed by atoms with Crippen LogP contribution in [0.25, 0.3) is 5.82 Å². The maximum atomic E-state index is 5.68. The predicted octanol–water partition coefficient (Wildman–Crippen LogP) is 1.62. The maximum absolute atomic E-state index is 5.68. The van der Waals surface area contributed by atoms with Gasteiger partial charge in [0.2, 0.25) is 0 Å². The lowest BCUT2D eigenvalue weighted by Gasteiger charge is -2.07. The van der Waals surface area contributed by atoms with Crippen LogP contribution in [0.1, 0.15) is 11.4 Å². The number of anilines is 1. The molecular formula is C9H10BrN5. The molecule has 0 radical (unpaired) electrons. The molecule has 2 N–H and O–H groups in total. The third kappa shape index (κ3) is 1.61. The Morgan fingerprint density at radius 2 is 2.00 bits per heavy atom. The number of aryl methyl sites for hydroxylation is 1. The van der Waals surface area contributed by atoms with Gasteiger partial charge in [-0.3, -0.25) is 4.57 Å². The summed E-state index contributed by atoms with van der Waals surface area (Å²) in [6, 6.07) is 0. The molecule has 0 saturated carbocycles. The van der Waals surface area contributed by atoms with E-state index in [9.17, 15) is 0 Å². The van der Waals surface area contributed by atoms with E-state index in [1.54, 1.807) is 6.33 Å². The second kappa shape index (κ2) is 3.62. The second-order valence-corrected chi connectivity index (χ2v) is 3.97. The van der Waals surface area contributed by atoms with Gasteiger partial charge in [-0.05, 0) is 29.8 Å². The van der Waals surface area contributed by atoms with Gasteiger partial charge in [-0.1, -0.05) is 0 Å². The summed E-state index contributed by atoms with van der Waals surface area (Å²) in [5.41, 5.74) is 7.69. The Balaban J connectivity index is 2.64. The number of imidazole rings is 1. The maximum Gasteiger partial charge on any atom is 0.158 e. The van der Waals surface area contributed by atoms with Gasteiger partial charge in [0.1, 0.15) is 22.9 Å². The number of nitrogens with zero attached hydrogens (tertiary/aromatic N) is 4. The molecule has 2 heterocycles. The second-order valence-electron chi connectivity index (χ2n) is 3.18. The molecule has 0 aliphatic rings. The first-order chi connectivity index (χ1) is 7.11. The van der Waals surface area contributed by atoms with Crippen molar-refractivity contribution in [2.24, 2.45) is 0 Å². The summed E-state index contributed by atoms with van der Waals surface area (Å²) in [7, 11) is 0. The number of rotatable bonds is 1. The van der Waals surface area contributed by atoms with Crippen LogP contribution in [-0.4, -0.2) is 19.5 Å². The number of hydrogen-bond acceptors (Lipinski definition) is 4. The van der Waals surface area contributed by atoms with E-state index in [1.807, 2.05) is 18.4 Å². The summed E-state index contributed by atoms with van der Waals surface area (Å²) < 4.78 is 2.56. The van der Waals surface area contributed by atoms with Crippen LogP contribution in [0.3, 0.4) is 0 Å². The molecule has 0 bridgehead atoms. The summed E-state index contributed by atoms with van der Waals surface area (Å²) in [5, 5.41) is 0. The molecule has 2 aromatic rings. The molecule has 2 rings (SSSR count). The molecule has 0 saturated heterocycles. The van der Waals surface area contributed by atoms with Crippen LogP contribution < -0.4 is 5.73 Å². The zero-order chi connectivity index (χ0) is 11.0. The van der Waals surface area contributed by atoms with E-state index in [1.165, 1.54) is 6.33 Å². The van der Waals surface area contributed by atoms with Crippen molar-refractivity contribution in [2.75, 3.05) is 5.73 Å². The summed E-state index contributed by atoms with van der Waals surface area (Å²) in [5.74, 6) is 1.13. The van der Waals surface area contributed by atoms with Crippen LogP contribution in [-0.2, 0) is 0 Å². The lowest BCUT2D eigenvalue weighted by molar-refractivity contribution is 0.928. The average molecular weight is 268 g/mol. The molecule has 0 aliphatic heterocycles. The van der Waals surface area contributed by atoms with Gasteiger partial charge in [0.05, 0.1) is 5.69 Å². The fourth-order valence-electron chi connectivity index (χ4n) is 1.25. The van der Waals surface area contributed by atoms with Crippen molar-refractivity contribution >= 4 is 21.7 Å². The van der Waals surface area contributed by atoms with Crippen molar-refractivity contribution in [2.45, 2.75) is 13.8 Å². The summed E-state index contributed by atoms with van der Waals surface area (Å²) in [6.07, 6.45) is 3.15. The standard InChI is InChI=1S/C9H10BrN5/c1-5-6(2)15(4-14-5)9-7(10)8(11)12-3-13-9/h3-4H,1-2H3,(H2,11,12,13). The van der Waals surface area contributed by atoms with Crippen molar-refractivity contribution < 1.29 is 0 Å². The molecule has 78 valence electrons. The van der Waals surface area contributed by atoms with E-state index in [-0.39, 0.29) is 0 Å². The Morgan fingerprint density at radius 1 is 1.27 bits per heavy atom. The minimum atomic E-state index is 0.422. The SMILES string of the molecule is Cc1ncn(-c2ncnc(N)c2Br)c1C. The zero-order valence-electron chi connectivity index (χ0n) is 8.40. The predicted molar refractivity (Wildman–Crippen MR) is 60.7 cm³/mol. The fraction of sp³-hybridized carbons (Fsp3) is 0.222. The zero-order valence-corrected chi connectivity index (χ0v) is 9.98. The first-order valence-electron chi connectivity index (χ1n) is 4.38. The van der Waals surface area contributed by atoms with Gasteiger partial charge in [-0.15, -0.1) is 0 Å². The number of aromatic nitrogens is 4. The van der Waals surface area contributed by atoms with E-state index in [0.717, 1.165) is 11.4 Å². The first kappa shape index (κ1) is 10.1. The van der Waals surface area contributed by atoms with Gasteiger partial charge in [-0.2, -0.15) is 0 Å². The first-order valence-corrected chi connectivity index (χ1v) is 5.17. The highest BCUT2D eigenvalue weighted by Crippen LogP contribution is 2.24.